The van der Waals surface area contributed by atoms with Crippen LogP contribution in [0, 0.1) is 6.92 Å². The number of aryl methyl sites for hydroxylation is 1. The molecule has 0 heterocycles. The van der Waals surface area contributed by atoms with E-state index in [1.54, 1.807) is 19.1 Å². The fourth-order valence-corrected chi connectivity index (χ4v) is 2.06. The van der Waals surface area contributed by atoms with Crippen LogP contribution in [-0.4, -0.2) is 23.9 Å². The largest absolute Gasteiger partial charge is 0.352 e. The zero-order chi connectivity index (χ0) is 16.0. The number of hydrogen-bond donors (Lipinski definition) is 3. The highest BCUT2D eigenvalue weighted by atomic mass is 16.2. The number of amides is 2. The van der Waals surface area contributed by atoms with Crippen LogP contribution in [0.5, 0.6) is 0 Å². The summed E-state index contributed by atoms with van der Waals surface area (Å²) in [7, 11) is 0. The lowest BCUT2D eigenvalue weighted by Gasteiger charge is -2.23. The molecule has 1 rings (SSSR count). The molecular formula is C16H25N3O2. The van der Waals surface area contributed by atoms with Crippen molar-refractivity contribution in [2.45, 2.75) is 46.1 Å². The Morgan fingerprint density at radius 3 is 2.52 bits per heavy atom. The minimum Gasteiger partial charge on any atom is -0.352 e. The number of nitrogens with one attached hydrogen (secondary N) is 2. The highest BCUT2D eigenvalue weighted by molar-refractivity contribution is 6.00. The molecule has 0 aliphatic heterocycles. The van der Waals surface area contributed by atoms with E-state index in [2.05, 4.69) is 10.6 Å². The Morgan fingerprint density at radius 1 is 1.29 bits per heavy atom. The maximum absolute atomic E-state index is 12.2. The summed E-state index contributed by atoms with van der Waals surface area (Å²) in [4.78, 5) is 24.1. The van der Waals surface area contributed by atoms with Crippen LogP contribution in [-0.2, 0) is 4.79 Å². The van der Waals surface area contributed by atoms with E-state index in [1.807, 2.05) is 26.8 Å². The first-order valence-corrected chi connectivity index (χ1v) is 7.31. The lowest BCUT2D eigenvalue weighted by molar-refractivity contribution is -0.120. The molecule has 5 heteroatoms. The molecular weight excluding hydrogens is 266 g/mol. The quantitative estimate of drug-likeness (QED) is 0.751. The highest BCUT2D eigenvalue weighted by Crippen LogP contribution is 2.19. The molecule has 0 radical (unpaired) electrons. The van der Waals surface area contributed by atoms with Gasteiger partial charge in [0.25, 0.3) is 5.91 Å². The zero-order valence-corrected chi connectivity index (χ0v) is 13.2. The van der Waals surface area contributed by atoms with Gasteiger partial charge in [0.15, 0.2) is 0 Å². The Kier molecular flexibility index (Phi) is 5.90. The van der Waals surface area contributed by atoms with Crippen LogP contribution in [0.15, 0.2) is 18.2 Å². The minimum absolute atomic E-state index is 0.155. The third-order valence-corrected chi connectivity index (χ3v) is 3.37. The average Bonchev–Trinajstić information content (AvgIpc) is 2.41. The predicted molar refractivity (Wildman–Crippen MR) is 85.3 cm³/mol. The topological polar surface area (TPSA) is 84.2 Å². The number of carbonyl (C=O) groups excluding carboxylic acids is 2. The number of rotatable bonds is 6. The third-order valence-electron chi connectivity index (χ3n) is 3.37. The fraction of sp³-hybridized carbons (Fsp3) is 0.500. The maximum Gasteiger partial charge on any atom is 0.251 e. The number of nitrogens with two attached hydrogens (primary N) is 1. The van der Waals surface area contributed by atoms with Gasteiger partial charge in [-0.2, -0.15) is 0 Å². The highest BCUT2D eigenvalue weighted by Gasteiger charge is 2.27. The van der Waals surface area contributed by atoms with Gasteiger partial charge in [-0.1, -0.05) is 19.4 Å². The summed E-state index contributed by atoms with van der Waals surface area (Å²) in [5.41, 5.74) is 7.14. The van der Waals surface area contributed by atoms with E-state index in [0.717, 1.165) is 12.0 Å². The first kappa shape index (κ1) is 17.2. The second kappa shape index (κ2) is 7.22. The van der Waals surface area contributed by atoms with E-state index in [-0.39, 0.29) is 11.8 Å². The monoisotopic (exact) mass is 291 g/mol. The van der Waals surface area contributed by atoms with Crippen molar-refractivity contribution in [3.8, 4) is 0 Å². The zero-order valence-electron chi connectivity index (χ0n) is 13.2. The van der Waals surface area contributed by atoms with Crippen molar-refractivity contribution in [3.63, 3.8) is 0 Å². The van der Waals surface area contributed by atoms with Gasteiger partial charge >= 0.3 is 0 Å². The molecule has 0 saturated heterocycles. The van der Waals surface area contributed by atoms with Gasteiger partial charge in [0.1, 0.15) is 0 Å². The van der Waals surface area contributed by atoms with Crippen molar-refractivity contribution in [1.29, 1.82) is 0 Å². The lowest BCUT2D eigenvalue weighted by Crippen LogP contribution is -2.48. The molecule has 0 aliphatic carbocycles. The first-order chi connectivity index (χ1) is 9.81. The Hall–Kier alpha value is -1.88. The van der Waals surface area contributed by atoms with Crippen molar-refractivity contribution in [3.05, 3.63) is 29.3 Å². The van der Waals surface area contributed by atoms with E-state index >= 15 is 0 Å². The fourth-order valence-electron chi connectivity index (χ4n) is 2.06. The van der Waals surface area contributed by atoms with Crippen molar-refractivity contribution < 1.29 is 9.59 Å². The van der Waals surface area contributed by atoms with E-state index in [1.165, 1.54) is 0 Å². The molecule has 21 heavy (non-hydrogen) atoms. The smallest absolute Gasteiger partial charge is 0.251 e. The molecule has 5 nitrogen and oxygen atoms in total. The molecule has 1 unspecified atom stereocenters. The summed E-state index contributed by atoms with van der Waals surface area (Å²) in [6.07, 6.45) is 1.44. The predicted octanol–water partition coefficient (Wildman–Crippen LogP) is 2.20. The standard InChI is InChI=1S/C16H25N3O2/c1-5-9-16(4,17)15(21)19-13-10-12(8-7-11(13)3)14(20)18-6-2/h7-8,10H,5-6,9,17H2,1-4H3,(H,18,20)(H,19,21). The molecule has 1 atom stereocenters. The number of hydrogen-bond acceptors (Lipinski definition) is 3. The summed E-state index contributed by atoms with van der Waals surface area (Å²) >= 11 is 0. The number of anilines is 1. The molecule has 0 aromatic heterocycles. The van der Waals surface area contributed by atoms with Gasteiger partial charge in [0, 0.05) is 17.8 Å². The maximum atomic E-state index is 12.2. The van der Waals surface area contributed by atoms with Gasteiger partial charge in [-0.05, 0) is 44.9 Å². The average molecular weight is 291 g/mol. The molecule has 0 bridgehead atoms. The molecule has 0 spiro atoms. The molecule has 1 aromatic rings. The summed E-state index contributed by atoms with van der Waals surface area (Å²) in [6, 6.07) is 5.23. The molecule has 1 aromatic carbocycles. The van der Waals surface area contributed by atoms with Crippen LogP contribution < -0.4 is 16.4 Å². The first-order valence-electron chi connectivity index (χ1n) is 7.31. The van der Waals surface area contributed by atoms with E-state index < -0.39 is 5.54 Å². The van der Waals surface area contributed by atoms with Gasteiger partial charge < -0.3 is 16.4 Å². The number of benzene rings is 1. The van der Waals surface area contributed by atoms with Gasteiger partial charge in [-0.15, -0.1) is 0 Å². The Labute approximate surface area is 126 Å². The van der Waals surface area contributed by atoms with Crippen molar-refractivity contribution in [2.24, 2.45) is 5.73 Å². The summed E-state index contributed by atoms with van der Waals surface area (Å²) in [5, 5.41) is 5.56. The third kappa shape index (κ3) is 4.56. The molecule has 0 saturated carbocycles. The van der Waals surface area contributed by atoms with Crippen molar-refractivity contribution in [2.75, 3.05) is 11.9 Å². The van der Waals surface area contributed by atoms with Gasteiger partial charge in [-0.25, -0.2) is 0 Å². The van der Waals surface area contributed by atoms with Gasteiger partial charge in [0.05, 0.1) is 5.54 Å². The van der Waals surface area contributed by atoms with Crippen LogP contribution in [0.25, 0.3) is 0 Å². The van der Waals surface area contributed by atoms with Gasteiger partial charge in [-0.3, -0.25) is 9.59 Å². The van der Waals surface area contributed by atoms with E-state index in [0.29, 0.717) is 24.2 Å². The van der Waals surface area contributed by atoms with Crippen LogP contribution in [0.4, 0.5) is 5.69 Å². The molecule has 4 N–H and O–H groups in total. The second-order valence-electron chi connectivity index (χ2n) is 5.51. The summed E-state index contributed by atoms with van der Waals surface area (Å²) < 4.78 is 0. The molecule has 116 valence electrons. The summed E-state index contributed by atoms with van der Waals surface area (Å²) in [5.74, 6) is -0.391. The van der Waals surface area contributed by atoms with Crippen LogP contribution >= 0.6 is 0 Å². The normalized spacial score (nSPS) is 13.4. The van der Waals surface area contributed by atoms with Crippen LogP contribution in [0.3, 0.4) is 0 Å². The van der Waals surface area contributed by atoms with Crippen molar-refractivity contribution in [1.82, 2.24) is 5.32 Å². The van der Waals surface area contributed by atoms with Crippen molar-refractivity contribution >= 4 is 17.5 Å². The molecule has 2 amide bonds. The Balaban J connectivity index is 2.95. The summed E-state index contributed by atoms with van der Waals surface area (Å²) in [6.45, 7) is 8.00. The second-order valence-corrected chi connectivity index (χ2v) is 5.51. The SMILES string of the molecule is CCCC(C)(N)C(=O)Nc1cc(C(=O)NCC)ccc1C. The minimum atomic E-state index is -0.914. The molecule has 0 fully saturated rings. The van der Waals surface area contributed by atoms with Gasteiger partial charge in [0.2, 0.25) is 5.91 Å². The van der Waals surface area contributed by atoms with E-state index in [9.17, 15) is 9.59 Å². The number of carbonyl (C=O) groups is 2. The Morgan fingerprint density at radius 2 is 1.95 bits per heavy atom. The van der Waals surface area contributed by atoms with Crippen LogP contribution in [0.2, 0.25) is 0 Å². The molecule has 0 aliphatic rings. The lowest BCUT2D eigenvalue weighted by atomic mass is 9.96. The van der Waals surface area contributed by atoms with Crippen LogP contribution in [0.1, 0.15) is 49.5 Å². The Bertz CT molecular complexity index is 524. The van der Waals surface area contributed by atoms with E-state index in [4.69, 9.17) is 5.73 Å².